The fourth-order valence-electron chi connectivity index (χ4n) is 6.58. The summed E-state index contributed by atoms with van der Waals surface area (Å²) < 4.78 is 56.0. The van der Waals surface area contributed by atoms with E-state index in [2.05, 4.69) is 13.8 Å². The van der Waals surface area contributed by atoms with Gasteiger partial charge in [0.25, 0.3) is 0 Å². The van der Waals surface area contributed by atoms with E-state index in [9.17, 15) is 13.2 Å². The molecule has 1 spiro atoms. The van der Waals surface area contributed by atoms with Crippen LogP contribution in [-0.4, -0.2) is 29.5 Å². The van der Waals surface area contributed by atoms with Crippen molar-refractivity contribution < 1.29 is 32.4 Å². The fraction of sp³-hybridized carbons (Fsp3) is 1.00. The van der Waals surface area contributed by atoms with Crippen LogP contribution in [-0.2, 0) is 19.2 Å². The summed E-state index contributed by atoms with van der Waals surface area (Å²) in [7, 11) is 0. The Bertz CT molecular complexity index is 613. The molecule has 5 rings (SSSR count). The number of alkyl halides is 3. The first-order valence-corrected chi connectivity index (χ1v) is 11.4. The molecule has 29 heavy (non-hydrogen) atoms. The molecular weight excluding hydrogens is 385 g/mol. The normalized spacial score (nSPS) is 49.6. The van der Waals surface area contributed by atoms with Crippen molar-refractivity contribution in [2.75, 3.05) is 0 Å². The number of hydrogen-bond donors (Lipinski definition) is 0. The molecule has 7 heteroatoms. The Hall–Kier alpha value is -0.370. The van der Waals surface area contributed by atoms with Gasteiger partial charge in [-0.05, 0) is 44.4 Å². The average molecular weight is 421 g/mol. The molecule has 5 aliphatic rings. The van der Waals surface area contributed by atoms with E-state index in [4.69, 9.17) is 19.2 Å². The van der Waals surface area contributed by atoms with Gasteiger partial charge in [-0.1, -0.05) is 46.5 Å². The van der Waals surface area contributed by atoms with Gasteiger partial charge in [0.15, 0.2) is 17.5 Å². The van der Waals surface area contributed by atoms with Crippen LogP contribution >= 0.6 is 0 Å². The van der Waals surface area contributed by atoms with Crippen LogP contribution in [0.5, 0.6) is 0 Å². The lowest BCUT2D eigenvalue weighted by molar-refractivity contribution is -0.584. The van der Waals surface area contributed by atoms with Crippen LogP contribution in [0.3, 0.4) is 0 Å². The first-order chi connectivity index (χ1) is 13.6. The van der Waals surface area contributed by atoms with Gasteiger partial charge >= 0.3 is 6.18 Å². The van der Waals surface area contributed by atoms with Gasteiger partial charge in [-0.2, -0.15) is 13.2 Å². The van der Waals surface area contributed by atoms with Crippen LogP contribution in [0.2, 0.25) is 0 Å². The third kappa shape index (κ3) is 3.17. The van der Waals surface area contributed by atoms with Crippen molar-refractivity contribution in [3.05, 3.63) is 0 Å². The van der Waals surface area contributed by atoms with E-state index in [1.165, 1.54) is 0 Å². The highest BCUT2D eigenvalue weighted by molar-refractivity contribution is 5.14. The Balaban J connectivity index is 1.74. The molecule has 4 nitrogen and oxygen atoms in total. The molecule has 0 N–H and O–H groups in total. The summed E-state index contributed by atoms with van der Waals surface area (Å²) in [6, 6.07) is 0. The lowest BCUT2D eigenvalue weighted by atomic mass is 9.55. The van der Waals surface area contributed by atoms with Crippen molar-refractivity contribution in [2.24, 2.45) is 23.7 Å². The SMILES string of the molecule is CCCCCC[C@@]1(C(F)(F)F)O[C@@H]2O[C@]3(C)CC[C@H]4[C@H](C)CC[C@@H]([C@H]1C)[C@@]24OO3. The van der Waals surface area contributed by atoms with Crippen LogP contribution in [0.15, 0.2) is 0 Å². The third-order valence-electron chi connectivity index (χ3n) is 8.31. The second-order valence-electron chi connectivity index (χ2n) is 10.0. The quantitative estimate of drug-likeness (QED) is 0.395. The van der Waals surface area contributed by atoms with Gasteiger partial charge in [0.05, 0.1) is 0 Å². The summed E-state index contributed by atoms with van der Waals surface area (Å²) in [6.45, 7) is 7.67. The molecule has 1 aliphatic carbocycles. The van der Waals surface area contributed by atoms with Gasteiger partial charge in [0.1, 0.15) is 0 Å². The van der Waals surface area contributed by atoms with Gasteiger partial charge in [-0.3, -0.25) is 0 Å². The van der Waals surface area contributed by atoms with Crippen LogP contribution in [0.4, 0.5) is 13.2 Å². The Morgan fingerprint density at radius 1 is 0.931 bits per heavy atom. The van der Waals surface area contributed by atoms with Crippen molar-refractivity contribution in [1.82, 2.24) is 0 Å². The van der Waals surface area contributed by atoms with Crippen molar-refractivity contribution in [3.63, 3.8) is 0 Å². The van der Waals surface area contributed by atoms with Gasteiger partial charge in [0.2, 0.25) is 5.79 Å². The zero-order valence-corrected chi connectivity index (χ0v) is 18.0. The molecule has 0 aromatic rings. The Morgan fingerprint density at radius 2 is 1.69 bits per heavy atom. The maximum absolute atomic E-state index is 14.6. The van der Waals surface area contributed by atoms with E-state index in [1.54, 1.807) is 13.8 Å². The monoisotopic (exact) mass is 420 g/mol. The van der Waals surface area contributed by atoms with Crippen LogP contribution < -0.4 is 0 Å². The van der Waals surface area contributed by atoms with E-state index < -0.39 is 35.4 Å². The highest BCUT2D eigenvalue weighted by Gasteiger charge is 2.75. The second kappa shape index (κ2) is 7.35. The van der Waals surface area contributed by atoms with Crippen LogP contribution in [0, 0.1) is 23.7 Å². The van der Waals surface area contributed by atoms with Gasteiger partial charge in [-0.15, -0.1) is 0 Å². The number of fused-ring (bicyclic) bond motifs is 2. The molecule has 5 fully saturated rings. The highest BCUT2D eigenvalue weighted by atomic mass is 19.4. The minimum absolute atomic E-state index is 0.0259. The largest absolute Gasteiger partial charge is 0.417 e. The standard InChI is InChI=1S/C22H35F3O4/c1-5-6-7-8-12-20(22(23,24)25)15(3)17-10-9-14(2)16-11-13-19(4)26-18(27-20)21(16,17)29-28-19/h14-18H,5-13H2,1-4H3/t14-,15-,16+,17+,18+,19+,20-,21-/m1/s1. The van der Waals surface area contributed by atoms with E-state index >= 15 is 0 Å². The summed E-state index contributed by atoms with van der Waals surface area (Å²) >= 11 is 0. The van der Waals surface area contributed by atoms with Gasteiger partial charge in [0, 0.05) is 18.3 Å². The van der Waals surface area contributed by atoms with Crippen molar-refractivity contribution in [1.29, 1.82) is 0 Å². The minimum Gasteiger partial charge on any atom is -0.333 e. The number of unbranched alkanes of at least 4 members (excludes halogenated alkanes) is 3. The maximum atomic E-state index is 14.6. The molecule has 0 unspecified atom stereocenters. The Labute approximate surface area is 171 Å². The highest BCUT2D eigenvalue weighted by Crippen LogP contribution is 2.64. The van der Waals surface area contributed by atoms with Crippen LogP contribution in [0.1, 0.15) is 85.5 Å². The average Bonchev–Trinajstić information content (AvgIpc) is 2.88. The Kier molecular flexibility index (Phi) is 5.54. The molecule has 0 radical (unpaired) electrons. The first-order valence-electron chi connectivity index (χ1n) is 11.4. The summed E-state index contributed by atoms with van der Waals surface area (Å²) in [4.78, 5) is 11.7. The third-order valence-corrected chi connectivity index (χ3v) is 8.31. The topological polar surface area (TPSA) is 36.9 Å². The van der Waals surface area contributed by atoms with Crippen molar-refractivity contribution >= 4 is 0 Å². The Morgan fingerprint density at radius 3 is 2.38 bits per heavy atom. The second-order valence-corrected chi connectivity index (χ2v) is 10.0. The van der Waals surface area contributed by atoms with Gasteiger partial charge in [-0.25, -0.2) is 9.78 Å². The summed E-state index contributed by atoms with van der Waals surface area (Å²) in [6.07, 6.45) is 0.646. The molecule has 0 amide bonds. The molecule has 168 valence electrons. The molecule has 1 saturated carbocycles. The predicted molar refractivity (Wildman–Crippen MR) is 101 cm³/mol. The molecule has 4 saturated heterocycles. The molecule has 2 bridgehead atoms. The molecule has 8 atom stereocenters. The number of rotatable bonds is 5. The maximum Gasteiger partial charge on any atom is 0.417 e. The molecular formula is C22H35F3O4. The van der Waals surface area contributed by atoms with Crippen molar-refractivity contribution in [2.45, 2.75) is 115 Å². The summed E-state index contributed by atoms with van der Waals surface area (Å²) in [5.74, 6) is -1.68. The summed E-state index contributed by atoms with van der Waals surface area (Å²) in [5, 5.41) is 0. The lowest BCUT2D eigenvalue weighted by Crippen LogP contribution is -2.75. The van der Waals surface area contributed by atoms with E-state index in [-0.39, 0.29) is 18.3 Å². The lowest BCUT2D eigenvalue weighted by Gasteiger charge is -2.63. The minimum atomic E-state index is -4.46. The van der Waals surface area contributed by atoms with E-state index in [1.807, 2.05) is 0 Å². The molecule has 4 heterocycles. The smallest absolute Gasteiger partial charge is 0.333 e. The zero-order chi connectivity index (χ0) is 21.1. The van der Waals surface area contributed by atoms with E-state index in [0.29, 0.717) is 25.2 Å². The predicted octanol–water partition coefficient (Wildman–Crippen LogP) is 6.14. The fourth-order valence-corrected chi connectivity index (χ4v) is 6.58. The summed E-state index contributed by atoms with van der Waals surface area (Å²) in [5.41, 5.74) is -3.15. The van der Waals surface area contributed by atoms with E-state index in [0.717, 1.165) is 32.1 Å². The number of ether oxygens (including phenoxy) is 2. The first kappa shape index (κ1) is 21.8. The molecule has 4 aliphatic heterocycles. The van der Waals surface area contributed by atoms with Gasteiger partial charge < -0.3 is 9.47 Å². The number of halogens is 3. The molecule has 0 aromatic carbocycles. The number of hydrogen-bond acceptors (Lipinski definition) is 4. The van der Waals surface area contributed by atoms with Crippen molar-refractivity contribution in [3.8, 4) is 0 Å². The zero-order valence-electron chi connectivity index (χ0n) is 18.0. The van der Waals surface area contributed by atoms with Crippen LogP contribution in [0.25, 0.3) is 0 Å². The molecule has 0 aromatic heterocycles.